The zero-order valence-electron chi connectivity index (χ0n) is 9.60. The summed E-state index contributed by atoms with van der Waals surface area (Å²) in [6.07, 6.45) is 17.1. The molecule has 0 nitrogen and oxygen atoms in total. The Balaban J connectivity index is 2.88. The molecule has 84 valence electrons. The molecule has 1 heteroatoms. The van der Waals surface area contributed by atoms with Crippen molar-refractivity contribution in [3.8, 4) is 0 Å². The predicted octanol–water partition coefficient (Wildman–Crippen LogP) is 5.47. The third-order valence-corrected chi connectivity index (χ3v) is 2.85. The molecule has 0 radical (unpaired) electrons. The predicted molar refractivity (Wildman–Crippen MR) is 70.2 cm³/mol. The third kappa shape index (κ3) is 12.2. The zero-order valence-corrected chi connectivity index (χ0v) is 11.2. The molecule has 0 spiro atoms. The highest BCUT2D eigenvalue weighted by Crippen LogP contribution is 2.09. The van der Waals surface area contributed by atoms with E-state index < -0.39 is 0 Å². The van der Waals surface area contributed by atoms with E-state index in [1.165, 1.54) is 57.8 Å². The van der Waals surface area contributed by atoms with Crippen molar-refractivity contribution in [3.63, 3.8) is 0 Å². The molecule has 0 aliphatic rings. The number of alkyl halides is 1. The Bertz CT molecular complexity index is 118. The second-order valence-corrected chi connectivity index (χ2v) is 4.54. The van der Waals surface area contributed by atoms with E-state index in [4.69, 9.17) is 0 Å². The molecule has 0 atom stereocenters. The van der Waals surface area contributed by atoms with E-state index in [0.717, 1.165) is 5.33 Å². The van der Waals surface area contributed by atoms with Gasteiger partial charge in [-0.05, 0) is 12.8 Å². The van der Waals surface area contributed by atoms with Gasteiger partial charge >= 0.3 is 0 Å². The molecule has 0 aliphatic carbocycles. The lowest BCUT2D eigenvalue weighted by Gasteiger charge is -1.99. The van der Waals surface area contributed by atoms with Crippen molar-refractivity contribution < 1.29 is 0 Å². The monoisotopic (exact) mass is 260 g/mol. The lowest BCUT2D eigenvalue weighted by atomic mass is 10.1. The highest BCUT2D eigenvalue weighted by atomic mass is 79.9. The van der Waals surface area contributed by atoms with Gasteiger partial charge in [0.2, 0.25) is 0 Å². The molecule has 0 heterocycles. The fraction of sp³-hybridized carbons (Fsp3) is 0.846. The van der Waals surface area contributed by atoms with Crippen LogP contribution in [0.4, 0.5) is 0 Å². The first-order chi connectivity index (χ1) is 6.91. The maximum Gasteiger partial charge on any atom is 0.0212 e. The number of hydrogen-bond donors (Lipinski definition) is 0. The summed E-state index contributed by atoms with van der Waals surface area (Å²) in [7, 11) is 0. The van der Waals surface area contributed by atoms with E-state index in [2.05, 4.69) is 35.0 Å². The maximum atomic E-state index is 3.38. The highest BCUT2D eigenvalue weighted by Gasteiger charge is 1.89. The van der Waals surface area contributed by atoms with Gasteiger partial charge in [0.05, 0.1) is 0 Å². The first kappa shape index (κ1) is 14.2. The van der Waals surface area contributed by atoms with Gasteiger partial charge < -0.3 is 0 Å². The van der Waals surface area contributed by atoms with Crippen LogP contribution in [-0.2, 0) is 0 Å². The molecule has 0 aromatic rings. The molecular weight excluding hydrogens is 236 g/mol. The average Bonchev–Trinajstić information content (AvgIpc) is 2.21. The van der Waals surface area contributed by atoms with Crippen LogP contribution in [0, 0.1) is 0 Å². The van der Waals surface area contributed by atoms with Gasteiger partial charge in [0.1, 0.15) is 0 Å². The van der Waals surface area contributed by atoms with Crippen molar-refractivity contribution in [1.82, 2.24) is 0 Å². The number of hydrogen-bond acceptors (Lipinski definition) is 0. The van der Waals surface area contributed by atoms with E-state index in [1.54, 1.807) is 0 Å². The molecule has 0 saturated heterocycles. The van der Waals surface area contributed by atoms with Crippen LogP contribution < -0.4 is 0 Å². The Morgan fingerprint density at radius 3 is 1.93 bits per heavy atom. The number of rotatable bonds is 10. The largest absolute Gasteiger partial charge is 0.0883 e. The van der Waals surface area contributed by atoms with Gasteiger partial charge in [-0.2, -0.15) is 0 Å². The molecule has 0 aromatic heterocycles. The summed E-state index contributed by atoms with van der Waals surface area (Å²) >= 11 is 3.38. The average molecular weight is 261 g/mol. The van der Waals surface area contributed by atoms with E-state index >= 15 is 0 Å². The fourth-order valence-electron chi connectivity index (χ4n) is 1.58. The van der Waals surface area contributed by atoms with E-state index in [9.17, 15) is 0 Å². The Hall–Kier alpha value is 0.220. The standard InChI is InChI=1S/C13H25Br/c1-2-3-4-5-6-7-8-9-10-11-12-13-14/h11-12H,2-10,13H2,1H3. The number of halogens is 1. The molecule has 0 aromatic carbocycles. The molecule has 0 unspecified atom stereocenters. The molecule has 0 fully saturated rings. The first-order valence-corrected chi connectivity index (χ1v) is 7.25. The maximum absolute atomic E-state index is 3.38. The molecule has 0 bridgehead atoms. The number of allylic oxidation sites excluding steroid dienone is 2. The zero-order chi connectivity index (χ0) is 10.5. The van der Waals surface area contributed by atoms with Gasteiger partial charge in [0.25, 0.3) is 0 Å². The fourth-order valence-corrected chi connectivity index (χ4v) is 1.84. The van der Waals surface area contributed by atoms with Crippen LogP contribution in [0.3, 0.4) is 0 Å². The summed E-state index contributed by atoms with van der Waals surface area (Å²) in [5.74, 6) is 0. The lowest BCUT2D eigenvalue weighted by molar-refractivity contribution is 0.577. The lowest BCUT2D eigenvalue weighted by Crippen LogP contribution is -1.79. The first-order valence-electron chi connectivity index (χ1n) is 6.12. The van der Waals surface area contributed by atoms with E-state index in [-0.39, 0.29) is 0 Å². The molecule has 0 N–H and O–H groups in total. The van der Waals surface area contributed by atoms with Crippen molar-refractivity contribution in [3.05, 3.63) is 12.2 Å². The third-order valence-electron chi connectivity index (χ3n) is 2.48. The molecule has 0 aliphatic heterocycles. The van der Waals surface area contributed by atoms with Crippen LogP contribution in [0.2, 0.25) is 0 Å². The van der Waals surface area contributed by atoms with Crippen LogP contribution >= 0.6 is 15.9 Å². The minimum absolute atomic E-state index is 1.00. The van der Waals surface area contributed by atoms with Crippen molar-refractivity contribution in [2.24, 2.45) is 0 Å². The molecule has 0 rings (SSSR count). The Morgan fingerprint density at radius 1 is 0.786 bits per heavy atom. The summed E-state index contributed by atoms with van der Waals surface area (Å²) in [6.45, 7) is 2.27. The highest BCUT2D eigenvalue weighted by molar-refractivity contribution is 9.09. The van der Waals surface area contributed by atoms with Crippen molar-refractivity contribution in [2.45, 2.75) is 64.7 Å². The van der Waals surface area contributed by atoms with Crippen LogP contribution in [0.15, 0.2) is 12.2 Å². The molecular formula is C13H25Br. The SMILES string of the molecule is CCCCCCCCCCC=CCBr. The minimum Gasteiger partial charge on any atom is -0.0883 e. The topological polar surface area (TPSA) is 0 Å². The summed E-state index contributed by atoms with van der Waals surface area (Å²) in [5, 5.41) is 1.00. The molecule has 0 amide bonds. The molecule has 0 saturated carbocycles. The summed E-state index contributed by atoms with van der Waals surface area (Å²) in [6, 6.07) is 0. The second-order valence-electron chi connectivity index (χ2n) is 3.89. The van der Waals surface area contributed by atoms with Gasteiger partial charge in [-0.1, -0.05) is 80.0 Å². The smallest absolute Gasteiger partial charge is 0.0212 e. The van der Waals surface area contributed by atoms with Gasteiger partial charge in [0, 0.05) is 5.33 Å². The van der Waals surface area contributed by atoms with Gasteiger partial charge in [-0.3, -0.25) is 0 Å². The second kappa shape index (κ2) is 13.2. The Kier molecular flexibility index (Phi) is 13.4. The summed E-state index contributed by atoms with van der Waals surface area (Å²) in [5.41, 5.74) is 0. The van der Waals surface area contributed by atoms with Crippen molar-refractivity contribution in [1.29, 1.82) is 0 Å². The Morgan fingerprint density at radius 2 is 1.36 bits per heavy atom. The number of unbranched alkanes of at least 4 members (excludes halogenated alkanes) is 8. The van der Waals surface area contributed by atoms with E-state index in [1.807, 2.05) is 0 Å². The van der Waals surface area contributed by atoms with Crippen LogP contribution in [0.5, 0.6) is 0 Å². The van der Waals surface area contributed by atoms with Crippen molar-refractivity contribution in [2.75, 3.05) is 5.33 Å². The summed E-state index contributed by atoms with van der Waals surface area (Å²) in [4.78, 5) is 0. The minimum atomic E-state index is 1.00. The van der Waals surface area contributed by atoms with Crippen LogP contribution in [-0.4, -0.2) is 5.33 Å². The Labute approximate surface area is 98.3 Å². The van der Waals surface area contributed by atoms with E-state index in [0.29, 0.717) is 0 Å². The summed E-state index contributed by atoms with van der Waals surface area (Å²) < 4.78 is 0. The van der Waals surface area contributed by atoms with Gasteiger partial charge in [0.15, 0.2) is 0 Å². The van der Waals surface area contributed by atoms with Crippen LogP contribution in [0.25, 0.3) is 0 Å². The van der Waals surface area contributed by atoms with Crippen LogP contribution in [0.1, 0.15) is 64.7 Å². The van der Waals surface area contributed by atoms with Crippen molar-refractivity contribution >= 4 is 15.9 Å². The van der Waals surface area contributed by atoms with Gasteiger partial charge in [-0.15, -0.1) is 0 Å². The quantitative estimate of drug-likeness (QED) is 0.278. The molecule has 14 heavy (non-hydrogen) atoms. The normalized spacial score (nSPS) is 11.3. The van der Waals surface area contributed by atoms with Gasteiger partial charge in [-0.25, -0.2) is 0 Å².